The molecule has 1 heterocycles. The molecule has 2 rings (SSSR count). The monoisotopic (exact) mass is 363 g/mol. The topological polar surface area (TPSA) is 82.5 Å². The molecule has 1 aromatic rings. The summed E-state index contributed by atoms with van der Waals surface area (Å²) in [6.07, 6.45) is 4.60. The summed E-state index contributed by atoms with van der Waals surface area (Å²) in [4.78, 5) is 24.1. The number of rotatable bonds is 7. The normalized spacial score (nSPS) is 15.3. The maximum atomic E-state index is 12.3. The third-order valence-electron chi connectivity index (χ3n) is 4.19. The second kappa shape index (κ2) is 8.38. The van der Waals surface area contributed by atoms with Crippen molar-refractivity contribution in [1.29, 1.82) is 0 Å². The smallest absolute Gasteiger partial charge is 0.355 e. The molecule has 1 aromatic heterocycles. The van der Waals surface area contributed by atoms with E-state index in [9.17, 15) is 9.59 Å². The van der Waals surface area contributed by atoms with Gasteiger partial charge in [-0.25, -0.2) is 14.3 Å². The third-order valence-corrected chi connectivity index (χ3v) is 4.19. The first kappa shape index (κ1) is 20.0. The van der Waals surface area contributed by atoms with Gasteiger partial charge >= 0.3 is 11.9 Å². The molecule has 0 unspecified atom stereocenters. The van der Waals surface area contributed by atoms with E-state index >= 15 is 0 Å². The number of hydrogen-bond acceptors (Lipinski definition) is 6. The highest BCUT2D eigenvalue weighted by Gasteiger charge is 2.28. The lowest BCUT2D eigenvalue weighted by Gasteiger charge is -2.24. The zero-order chi connectivity index (χ0) is 19.3. The van der Waals surface area contributed by atoms with Crippen molar-refractivity contribution >= 4 is 17.8 Å². The Bertz CT molecular complexity index is 681. The Labute approximate surface area is 154 Å². The summed E-state index contributed by atoms with van der Waals surface area (Å²) in [5.41, 5.74) is 0.762. The maximum Gasteiger partial charge on any atom is 0.355 e. The number of esters is 2. The average molecular weight is 363 g/mol. The van der Waals surface area contributed by atoms with Gasteiger partial charge in [-0.05, 0) is 47.5 Å². The highest BCUT2D eigenvalue weighted by Crippen LogP contribution is 2.37. The summed E-state index contributed by atoms with van der Waals surface area (Å²) >= 11 is 0. The van der Waals surface area contributed by atoms with Crippen molar-refractivity contribution in [3.63, 3.8) is 0 Å². The standard InChI is InChI=1S/C19H29N3O4/c1-6-25-17(23)12-15(18(24)26-7-2)20-16-11-14(13-9-8-10-13)21-22(16)19(3,4)5/h11-13,20H,6-10H2,1-5H3/b15-12+. The largest absolute Gasteiger partial charge is 0.463 e. The van der Waals surface area contributed by atoms with Gasteiger partial charge in [-0.3, -0.25) is 0 Å². The molecule has 1 fully saturated rings. The third kappa shape index (κ3) is 4.86. The Morgan fingerprint density at radius 3 is 2.42 bits per heavy atom. The molecule has 7 nitrogen and oxygen atoms in total. The minimum atomic E-state index is -0.604. The summed E-state index contributed by atoms with van der Waals surface area (Å²) in [5, 5.41) is 7.77. The number of nitrogens with one attached hydrogen (secondary N) is 1. The van der Waals surface area contributed by atoms with E-state index in [1.807, 2.05) is 31.5 Å². The summed E-state index contributed by atoms with van der Waals surface area (Å²) in [5.74, 6) is -0.0845. The van der Waals surface area contributed by atoms with Gasteiger partial charge in [0.2, 0.25) is 0 Å². The quantitative estimate of drug-likeness (QED) is 0.591. The number of carbonyl (C=O) groups is 2. The lowest BCUT2D eigenvalue weighted by Crippen LogP contribution is -2.27. The predicted molar refractivity (Wildman–Crippen MR) is 98.8 cm³/mol. The van der Waals surface area contributed by atoms with Gasteiger partial charge in [0.15, 0.2) is 0 Å². The number of anilines is 1. The van der Waals surface area contributed by atoms with Crippen LogP contribution in [0.2, 0.25) is 0 Å². The van der Waals surface area contributed by atoms with Crippen LogP contribution in [0.25, 0.3) is 0 Å². The van der Waals surface area contributed by atoms with Crippen LogP contribution in [0.4, 0.5) is 5.82 Å². The lowest BCUT2D eigenvalue weighted by molar-refractivity contribution is -0.140. The van der Waals surface area contributed by atoms with E-state index in [4.69, 9.17) is 14.6 Å². The van der Waals surface area contributed by atoms with Gasteiger partial charge in [0.1, 0.15) is 11.5 Å². The number of nitrogens with zero attached hydrogens (tertiary/aromatic N) is 2. The second-order valence-electron chi connectivity index (χ2n) is 7.32. The molecule has 0 spiro atoms. The van der Waals surface area contributed by atoms with Gasteiger partial charge in [0.05, 0.1) is 30.5 Å². The highest BCUT2D eigenvalue weighted by atomic mass is 16.5. The van der Waals surface area contributed by atoms with E-state index in [0.29, 0.717) is 11.7 Å². The van der Waals surface area contributed by atoms with Crippen LogP contribution in [0.1, 0.15) is 65.5 Å². The minimum absolute atomic E-state index is 0.0378. The number of hydrogen-bond donors (Lipinski definition) is 1. The first-order chi connectivity index (χ1) is 12.3. The van der Waals surface area contributed by atoms with Crippen molar-refractivity contribution < 1.29 is 19.1 Å². The maximum absolute atomic E-state index is 12.3. The van der Waals surface area contributed by atoms with Crippen LogP contribution < -0.4 is 5.32 Å². The molecular formula is C19H29N3O4. The van der Waals surface area contributed by atoms with E-state index < -0.39 is 11.9 Å². The fourth-order valence-corrected chi connectivity index (χ4v) is 2.70. The Morgan fingerprint density at radius 2 is 1.92 bits per heavy atom. The molecule has 0 aliphatic heterocycles. The molecule has 7 heteroatoms. The minimum Gasteiger partial charge on any atom is -0.463 e. The molecule has 1 aliphatic rings. The Kier molecular flexibility index (Phi) is 6.45. The summed E-state index contributed by atoms with van der Waals surface area (Å²) in [6.45, 7) is 9.99. The van der Waals surface area contributed by atoms with E-state index in [1.54, 1.807) is 13.8 Å². The van der Waals surface area contributed by atoms with Gasteiger partial charge in [0, 0.05) is 12.0 Å². The van der Waals surface area contributed by atoms with Crippen LogP contribution in [-0.4, -0.2) is 34.9 Å². The van der Waals surface area contributed by atoms with Crippen LogP contribution in [0.3, 0.4) is 0 Å². The fourth-order valence-electron chi connectivity index (χ4n) is 2.70. The molecule has 0 atom stereocenters. The highest BCUT2D eigenvalue weighted by molar-refractivity contribution is 5.98. The Hall–Kier alpha value is -2.31. The fraction of sp³-hybridized carbons (Fsp3) is 0.632. The zero-order valence-corrected chi connectivity index (χ0v) is 16.3. The molecule has 0 bridgehead atoms. The first-order valence-corrected chi connectivity index (χ1v) is 9.19. The Morgan fingerprint density at radius 1 is 1.27 bits per heavy atom. The van der Waals surface area contributed by atoms with Crippen LogP contribution in [0, 0.1) is 0 Å². The second-order valence-corrected chi connectivity index (χ2v) is 7.32. The van der Waals surface area contributed by atoms with Crippen molar-refractivity contribution in [2.45, 2.75) is 65.3 Å². The molecular weight excluding hydrogens is 334 g/mol. The first-order valence-electron chi connectivity index (χ1n) is 9.19. The van der Waals surface area contributed by atoms with E-state index in [1.165, 1.54) is 6.42 Å². The van der Waals surface area contributed by atoms with E-state index in [-0.39, 0.29) is 24.4 Å². The van der Waals surface area contributed by atoms with Crippen molar-refractivity contribution in [3.8, 4) is 0 Å². The summed E-state index contributed by atoms with van der Waals surface area (Å²) in [6, 6.07) is 1.95. The predicted octanol–water partition coefficient (Wildman–Crippen LogP) is 3.33. The molecule has 0 radical (unpaired) electrons. The molecule has 1 aliphatic carbocycles. The van der Waals surface area contributed by atoms with Crippen LogP contribution >= 0.6 is 0 Å². The van der Waals surface area contributed by atoms with Gasteiger partial charge in [-0.15, -0.1) is 0 Å². The van der Waals surface area contributed by atoms with Crippen molar-refractivity contribution in [2.24, 2.45) is 0 Å². The van der Waals surface area contributed by atoms with Gasteiger partial charge in [-0.1, -0.05) is 6.42 Å². The Balaban J connectivity index is 2.35. The average Bonchev–Trinajstić information content (AvgIpc) is 2.88. The van der Waals surface area contributed by atoms with Crippen LogP contribution in [-0.2, 0) is 24.6 Å². The van der Waals surface area contributed by atoms with Crippen molar-refractivity contribution in [3.05, 3.63) is 23.5 Å². The van der Waals surface area contributed by atoms with Gasteiger partial charge < -0.3 is 14.8 Å². The van der Waals surface area contributed by atoms with Crippen molar-refractivity contribution in [1.82, 2.24) is 9.78 Å². The van der Waals surface area contributed by atoms with Crippen molar-refractivity contribution in [2.75, 3.05) is 18.5 Å². The number of carbonyl (C=O) groups excluding carboxylic acids is 2. The lowest BCUT2D eigenvalue weighted by atomic mass is 9.83. The molecule has 0 aromatic carbocycles. The van der Waals surface area contributed by atoms with Gasteiger partial charge in [-0.2, -0.15) is 5.10 Å². The zero-order valence-electron chi connectivity index (χ0n) is 16.3. The molecule has 1 saturated carbocycles. The van der Waals surface area contributed by atoms with Gasteiger partial charge in [0.25, 0.3) is 0 Å². The molecule has 26 heavy (non-hydrogen) atoms. The van der Waals surface area contributed by atoms with Crippen LogP contribution in [0.5, 0.6) is 0 Å². The van der Waals surface area contributed by atoms with Crippen LogP contribution in [0.15, 0.2) is 17.8 Å². The van der Waals surface area contributed by atoms with E-state index in [2.05, 4.69) is 5.32 Å². The molecule has 144 valence electrons. The molecule has 0 amide bonds. The molecule has 1 N–H and O–H groups in total. The molecule has 0 saturated heterocycles. The summed E-state index contributed by atoms with van der Waals surface area (Å²) in [7, 11) is 0. The number of ether oxygens (including phenoxy) is 2. The SMILES string of the molecule is CCOC(=O)/C=C(/Nc1cc(C2CCC2)nn1C(C)(C)C)C(=O)OCC. The number of aromatic nitrogens is 2. The van der Waals surface area contributed by atoms with E-state index in [0.717, 1.165) is 24.6 Å². The summed E-state index contributed by atoms with van der Waals surface area (Å²) < 4.78 is 11.8.